The van der Waals surface area contributed by atoms with E-state index in [9.17, 15) is 14.7 Å². The third-order valence-corrected chi connectivity index (χ3v) is 6.97. The number of rotatable bonds is 5. The molecule has 1 fully saturated rings. The number of pyridine rings is 1. The van der Waals surface area contributed by atoms with Crippen molar-refractivity contribution in [3.63, 3.8) is 0 Å². The number of carbonyl (C=O) groups is 2. The summed E-state index contributed by atoms with van der Waals surface area (Å²) >= 11 is 0. The lowest BCUT2D eigenvalue weighted by Gasteiger charge is -2.21. The Balaban J connectivity index is 1.26. The van der Waals surface area contributed by atoms with Crippen LogP contribution in [0.3, 0.4) is 0 Å². The second-order valence-electron chi connectivity index (χ2n) is 8.74. The van der Waals surface area contributed by atoms with Gasteiger partial charge < -0.3 is 15.3 Å². The SMILES string of the molecule is O=C(O)CC1c2ccccc2[C@@H]2CN(C(=O)CCc3ccc4c(n3)NCCC4)C[C@H]12. The predicted molar refractivity (Wildman–Crippen MR) is 114 cm³/mol. The zero-order chi connectivity index (χ0) is 20.7. The Bertz CT molecular complexity index is 989. The third-order valence-electron chi connectivity index (χ3n) is 6.97. The van der Waals surface area contributed by atoms with Crippen LogP contribution >= 0.6 is 0 Å². The number of carboxylic acid groups (broad SMARTS) is 1. The van der Waals surface area contributed by atoms with E-state index in [1.165, 1.54) is 11.1 Å². The maximum absolute atomic E-state index is 12.9. The first-order chi connectivity index (χ1) is 14.6. The van der Waals surface area contributed by atoms with Gasteiger partial charge in [0.05, 0.1) is 6.42 Å². The minimum atomic E-state index is -0.771. The van der Waals surface area contributed by atoms with Gasteiger partial charge in [-0.15, -0.1) is 0 Å². The second-order valence-corrected chi connectivity index (χ2v) is 8.74. The van der Waals surface area contributed by atoms with Crippen LogP contribution in [-0.4, -0.2) is 46.5 Å². The van der Waals surface area contributed by atoms with Crippen LogP contribution in [0.1, 0.15) is 53.5 Å². The van der Waals surface area contributed by atoms with E-state index in [0.29, 0.717) is 25.9 Å². The highest BCUT2D eigenvalue weighted by molar-refractivity contribution is 5.77. The average molecular weight is 405 g/mol. The quantitative estimate of drug-likeness (QED) is 0.798. The highest BCUT2D eigenvalue weighted by Gasteiger charge is 2.47. The number of aromatic nitrogens is 1. The molecular weight excluding hydrogens is 378 g/mol. The van der Waals surface area contributed by atoms with Crippen molar-refractivity contribution < 1.29 is 14.7 Å². The molecule has 30 heavy (non-hydrogen) atoms. The van der Waals surface area contributed by atoms with Crippen molar-refractivity contribution in [3.05, 3.63) is 58.8 Å². The maximum atomic E-state index is 12.9. The fourth-order valence-corrected chi connectivity index (χ4v) is 5.54. The summed E-state index contributed by atoms with van der Waals surface area (Å²) in [4.78, 5) is 31.0. The number of carbonyl (C=O) groups excluding carboxylic acids is 1. The molecule has 1 amide bonds. The van der Waals surface area contributed by atoms with E-state index in [1.807, 2.05) is 23.1 Å². The zero-order valence-corrected chi connectivity index (χ0v) is 17.0. The number of carboxylic acids is 1. The molecule has 3 aliphatic rings. The van der Waals surface area contributed by atoms with Gasteiger partial charge in [0.2, 0.25) is 5.91 Å². The van der Waals surface area contributed by atoms with Gasteiger partial charge in [0.15, 0.2) is 0 Å². The molecule has 3 heterocycles. The van der Waals surface area contributed by atoms with Gasteiger partial charge in [0.1, 0.15) is 5.82 Å². The number of benzene rings is 1. The van der Waals surface area contributed by atoms with Crippen molar-refractivity contribution in [2.24, 2.45) is 5.92 Å². The Morgan fingerprint density at radius 3 is 2.80 bits per heavy atom. The number of hydrogen-bond donors (Lipinski definition) is 2. The monoisotopic (exact) mass is 405 g/mol. The molecule has 156 valence electrons. The molecule has 0 saturated carbocycles. The molecule has 3 atom stereocenters. The Morgan fingerprint density at radius 1 is 1.13 bits per heavy atom. The summed E-state index contributed by atoms with van der Waals surface area (Å²) < 4.78 is 0. The van der Waals surface area contributed by atoms with Crippen LogP contribution in [0.5, 0.6) is 0 Å². The normalized spacial score (nSPS) is 24.0. The summed E-state index contributed by atoms with van der Waals surface area (Å²) in [6.45, 7) is 2.29. The van der Waals surface area contributed by atoms with E-state index in [1.54, 1.807) is 0 Å². The summed E-state index contributed by atoms with van der Waals surface area (Å²) in [5.41, 5.74) is 4.59. The van der Waals surface area contributed by atoms with Gasteiger partial charge in [-0.2, -0.15) is 0 Å². The Hall–Kier alpha value is -2.89. The highest BCUT2D eigenvalue weighted by Crippen LogP contribution is 2.51. The van der Waals surface area contributed by atoms with Crippen LogP contribution in [0.25, 0.3) is 0 Å². The maximum Gasteiger partial charge on any atom is 0.303 e. The Morgan fingerprint density at radius 2 is 1.97 bits per heavy atom. The first kappa shape index (κ1) is 19.1. The molecule has 0 radical (unpaired) electrons. The van der Waals surface area contributed by atoms with E-state index >= 15 is 0 Å². The van der Waals surface area contributed by atoms with Crippen LogP contribution in [-0.2, 0) is 22.4 Å². The molecule has 2 aliphatic heterocycles. The zero-order valence-electron chi connectivity index (χ0n) is 17.0. The fourth-order valence-electron chi connectivity index (χ4n) is 5.54. The van der Waals surface area contributed by atoms with Crippen LogP contribution in [0, 0.1) is 5.92 Å². The van der Waals surface area contributed by atoms with Gasteiger partial charge in [-0.05, 0) is 53.9 Å². The van der Waals surface area contributed by atoms with Crippen molar-refractivity contribution in [1.82, 2.24) is 9.88 Å². The Labute approximate surface area is 176 Å². The molecule has 1 aromatic carbocycles. The minimum absolute atomic E-state index is 0.00473. The number of nitrogens with zero attached hydrogens (tertiary/aromatic N) is 2. The number of fused-ring (bicyclic) bond motifs is 4. The molecular formula is C24H27N3O3. The second kappa shape index (κ2) is 7.74. The van der Waals surface area contributed by atoms with Gasteiger partial charge in [0.25, 0.3) is 0 Å². The van der Waals surface area contributed by atoms with Crippen molar-refractivity contribution >= 4 is 17.7 Å². The number of likely N-dealkylation sites (tertiary alicyclic amines) is 1. The van der Waals surface area contributed by atoms with Crippen molar-refractivity contribution in [1.29, 1.82) is 0 Å². The van der Waals surface area contributed by atoms with E-state index in [-0.39, 0.29) is 30.1 Å². The number of nitrogens with one attached hydrogen (secondary N) is 1. The summed E-state index contributed by atoms with van der Waals surface area (Å²) in [5.74, 6) is 0.787. The van der Waals surface area contributed by atoms with Crippen LogP contribution in [0.15, 0.2) is 36.4 Å². The summed E-state index contributed by atoms with van der Waals surface area (Å²) in [6.07, 6.45) is 3.40. The Kier molecular flexibility index (Phi) is 4.93. The van der Waals surface area contributed by atoms with E-state index in [2.05, 4.69) is 23.5 Å². The molecule has 6 nitrogen and oxygen atoms in total. The molecule has 1 aromatic heterocycles. The lowest BCUT2D eigenvalue weighted by molar-refractivity contribution is -0.137. The summed E-state index contributed by atoms with van der Waals surface area (Å²) in [5, 5.41) is 12.7. The number of aliphatic carboxylic acids is 1. The third kappa shape index (κ3) is 3.44. The van der Waals surface area contributed by atoms with Gasteiger partial charge in [0, 0.05) is 37.7 Å². The van der Waals surface area contributed by atoms with Crippen molar-refractivity contribution in [3.8, 4) is 0 Å². The summed E-state index contributed by atoms with van der Waals surface area (Å²) in [6, 6.07) is 12.3. The number of amides is 1. The van der Waals surface area contributed by atoms with Crippen LogP contribution in [0.4, 0.5) is 5.82 Å². The molecule has 0 spiro atoms. The van der Waals surface area contributed by atoms with Crippen molar-refractivity contribution in [2.45, 2.75) is 43.9 Å². The molecule has 0 bridgehead atoms. The molecule has 5 rings (SSSR count). The van der Waals surface area contributed by atoms with E-state index in [4.69, 9.17) is 4.98 Å². The fraction of sp³-hybridized carbons (Fsp3) is 0.458. The molecule has 1 saturated heterocycles. The largest absolute Gasteiger partial charge is 0.481 e. The first-order valence-electron chi connectivity index (χ1n) is 10.9. The van der Waals surface area contributed by atoms with Crippen LogP contribution < -0.4 is 5.32 Å². The van der Waals surface area contributed by atoms with E-state index in [0.717, 1.165) is 36.5 Å². The topological polar surface area (TPSA) is 82.5 Å². The molecule has 1 unspecified atom stereocenters. The molecule has 6 heteroatoms. The lowest BCUT2D eigenvalue weighted by Crippen LogP contribution is -2.30. The smallest absolute Gasteiger partial charge is 0.303 e. The van der Waals surface area contributed by atoms with E-state index < -0.39 is 5.97 Å². The molecule has 1 aliphatic carbocycles. The average Bonchev–Trinajstić information content (AvgIpc) is 3.31. The number of hydrogen-bond acceptors (Lipinski definition) is 4. The highest BCUT2D eigenvalue weighted by atomic mass is 16.4. The number of aryl methyl sites for hydroxylation is 2. The van der Waals surface area contributed by atoms with Gasteiger partial charge in [-0.3, -0.25) is 9.59 Å². The van der Waals surface area contributed by atoms with Crippen molar-refractivity contribution in [2.75, 3.05) is 25.0 Å². The minimum Gasteiger partial charge on any atom is -0.481 e. The van der Waals surface area contributed by atoms with Gasteiger partial charge in [-0.1, -0.05) is 30.3 Å². The predicted octanol–water partition coefficient (Wildman–Crippen LogP) is 3.19. The van der Waals surface area contributed by atoms with Crippen LogP contribution in [0.2, 0.25) is 0 Å². The van der Waals surface area contributed by atoms with Gasteiger partial charge >= 0.3 is 5.97 Å². The summed E-state index contributed by atoms with van der Waals surface area (Å²) in [7, 11) is 0. The molecule has 2 N–H and O–H groups in total. The molecule has 2 aromatic rings. The standard InChI is InChI=1S/C24H27N3O3/c28-22(10-9-16-8-7-15-4-3-11-25-24(15)26-16)27-13-20-18-6-2-1-5-17(18)19(12-23(29)30)21(20)14-27/h1-2,5-8,19-21H,3-4,9-14H2,(H,25,26)(H,29,30)/t19?,20-,21+/m0/s1. The number of anilines is 1. The lowest BCUT2D eigenvalue weighted by atomic mass is 9.87. The van der Waals surface area contributed by atoms with Gasteiger partial charge in [-0.25, -0.2) is 4.98 Å². The first-order valence-corrected chi connectivity index (χ1v) is 10.9.